The van der Waals surface area contributed by atoms with Crippen LogP contribution in [0.1, 0.15) is 20.8 Å². The fourth-order valence-corrected chi connectivity index (χ4v) is 1.94. The number of anilines is 1. The van der Waals surface area contributed by atoms with Crippen LogP contribution < -0.4 is 5.32 Å². The third kappa shape index (κ3) is 3.05. The Morgan fingerprint density at radius 1 is 1.35 bits per heavy atom. The maximum Gasteiger partial charge on any atom is 0.339 e. The second-order valence-corrected chi connectivity index (χ2v) is 4.78. The zero-order valence-electron chi connectivity index (χ0n) is 10.4. The highest BCUT2D eigenvalue weighted by atomic mass is 79.9. The first-order valence-electron chi connectivity index (χ1n) is 5.54. The number of carbonyl (C=O) groups excluding carboxylic acids is 2. The van der Waals surface area contributed by atoms with E-state index in [0.29, 0.717) is 4.47 Å². The van der Waals surface area contributed by atoms with Crippen molar-refractivity contribution in [2.45, 2.75) is 0 Å². The fourth-order valence-electron chi connectivity index (χ4n) is 1.60. The number of rotatable bonds is 3. The summed E-state index contributed by atoms with van der Waals surface area (Å²) in [6.45, 7) is 0. The zero-order valence-corrected chi connectivity index (χ0v) is 12.0. The molecule has 0 radical (unpaired) electrons. The Labute approximate surface area is 122 Å². The second-order valence-electron chi connectivity index (χ2n) is 3.87. The Kier molecular flexibility index (Phi) is 4.19. The van der Waals surface area contributed by atoms with Gasteiger partial charge in [-0.05, 0) is 40.2 Å². The van der Waals surface area contributed by atoms with Crippen LogP contribution in [0.4, 0.5) is 10.1 Å². The van der Waals surface area contributed by atoms with E-state index < -0.39 is 17.7 Å². The van der Waals surface area contributed by atoms with Crippen LogP contribution in [0.15, 0.2) is 34.9 Å². The van der Waals surface area contributed by atoms with Crippen LogP contribution in [0.25, 0.3) is 0 Å². The third-order valence-corrected chi connectivity index (χ3v) is 2.99. The van der Waals surface area contributed by atoms with Crippen molar-refractivity contribution in [1.29, 1.82) is 0 Å². The van der Waals surface area contributed by atoms with Crippen molar-refractivity contribution in [1.82, 2.24) is 4.98 Å². The molecule has 20 heavy (non-hydrogen) atoms. The molecule has 104 valence electrons. The van der Waals surface area contributed by atoms with Crippen molar-refractivity contribution in [3.8, 4) is 0 Å². The Hall–Kier alpha value is -2.15. The fraction of sp³-hybridized carbons (Fsp3) is 0.0769. The number of aromatic amines is 1. The number of benzene rings is 1. The topological polar surface area (TPSA) is 71.2 Å². The van der Waals surface area contributed by atoms with E-state index in [1.165, 1.54) is 13.2 Å². The Balaban J connectivity index is 2.30. The number of hydrogen-bond donors (Lipinski definition) is 2. The lowest BCUT2D eigenvalue weighted by Gasteiger charge is -2.09. The number of halogens is 2. The number of hydrogen-bond acceptors (Lipinski definition) is 3. The number of amides is 1. The van der Waals surface area contributed by atoms with Crippen molar-refractivity contribution < 1.29 is 18.7 Å². The first-order chi connectivity index (χ1) is 9.51. The Bertz CT molecular complexity index is 669. The molecule has 0 aliphatic carbocycles. The minimum Gasteiger partial charge on any atom is -0.465 e. The standard InChI is InChI=1S/C13H10BrFN2O3/c1-20-13(19)9-3-2-8(15)5-10(9)17-12(18)11-4-7(14)6-16-11/h2-6,16H,1H3,(H,17,18). The molecule has 2 aromatic rings. The largest absolute Gasteiger partial charge is 0.465 e. The van der Waals surface area contributed by atoms with Gasteiger partial charge in [0.2, 0.25) is 0 Å². The average molecular weight is 341 g/mol. The molecule has 0 aliphatic heterocycles. The number of aromatic nitrogens is 1. The molecule has 7 heteroatoms. The maximum absolute atomic E-state index is 13.3. The van der Waals surface area contributed by atoms with E-state index in [4.69, 9.17) is 0 Å². The molecule has 1 aromatic heterocycles. The monoisotopic (exact) mass is 340 g/mol. The minimum absolute atomic E-state index is 0.0487. The molecule has 2 rings (SSSR count). The SMILES string of the molecule is COC(=O)c1ccc(F)cc1NC(=O)c1cc(Br)c[nH]1. The predicted octanol–water partition coefficient (Wildman–Crippen LogP) is 2.96. The van der Waals surface area contributed by atoms with Crippen LogP contribution in [0.2, 0.25) is 0 Å². The van der Waals surface area contributed by atoms with E-state index in [-0.39, 0.29) is 16.9 Å². The number of H-pyrrole nitrogens is 1. The molecule has 1 amide bonds. The molecule has 1 aromatic carbocycles. The van der Waals surface area contributed by atoms with Gasteiger partial charge in [0.25, 0.3) is 5.91 Å². The molecule has 0 fully saturated rings. The summed E-state index contributed by atoms with van der Waals surface area (Å²) in [6.07, 6.45) is 1.59. The highest BCUT2D eigenvalue weighted by molar-refractivity contribution is 9.10. The van der Waals surface area contributed by atoms with Crippen LogP contribution in [-0.2, 0) is 4.74 Å². The van der Waals surface area contributed by atoms with Crippen molar-refractivity contribution in [3.05, 3.63) is 52.0 Å². The molecule has 0 atom stereocenters. The van der Waals surface area contributed by atoms with Crippen molar-refractivity contribution >= 4 is 33.5 Å². The summed E-state index contributed by atoms with van der Waals surface area (Å²) in [5, 5.41) is 2.46. The molecule has 2 N–H and O–H groups in total. The third-order valence-electron chi connectivity index (χ3n) is 2.53. The van der Waals surface area contributed by atoms with Gasteiger partial charge in [0.15, 0.2) is 0 Å². The first-order valence-corrected chi connectivity index (χ1v) is 6.33. The summed E-state index contributed by atoms with van der Waals surface area (Å²) < 4.78 is 18.5. The molecular formula is C13H10BrFN2O3. The molecule has 5 nitrogen and oxygen atoms in total. The van der Waals surface area contributed by atoms with Crippen LogP contribution in [0.3, 0.4) is 0 Å². The highest BCUT2D eigenvalue weighted by Gasteiger charge is 2.16. The molecule has 0 unspecified atom stereocenters. The van der Waals surface area contributed by atoms with Crippen molar-refractivity contribution in [2.75, 3.05) is 12.4 Å². The smallest absolute Gasteiger partial charge is 0.339 e. The van der Waals surface area contributed by atoms with Gasteiger partial charge in [-0.25, -0.2) is 9.18 Å². The van der Waals surface area contributed by atoms with E-state index >= 15 is 0 Å². The molecule has 0 aliphatic rings. The van der Waals surface area contributed by atoms with E-state index in [1.807, 2.05) is 0 Å². The minimum atomic E-state index is -0.659. The molecule has 1 heterocycles. The van der Waals surface area contributed by atoms with Crippen LogP contribution in [0, 0.1) is 5.82 Å². The number of esters is 1. The van der Waals surface area contributed by atoms with E-state index in [0.717, 1.165) is 12.1 Å². The summed E-state index contributed by atoms with van der Waals surface area (Å²) in [6, 6.07) is 4.99. The van der Waals surface area contributed by atoms with Crippen molar-refractivity contribution in [2.24, 2.45) is 0 Å². The van der Waals surface area contributed by atoms with Gasteiger partial charge in [-0.3, -0.25) is 4.79 Å². The van der Waals surface area contributed by atoms with Gasteiger partial charge in [-0.1, -0.05) is 0 Å². The molecule has 0 bridgehead atoms. The van der Waals surface area contributed by atoms with Crippen LogP contribution in [0.5, 0.6) is 0 Å². The van der Waals surface area contributed by atoms with Crippen LogP contribution >= 0.6 is 15.9 Å². The van der Waals surface area contributed by atoms with Gasteiger partial charge in [-0.15, -0.1) is 0 Å². The number of carbonyl (C=O) groups is 2. The normalized spacial score (nSPS) is 10.2. The van der Waals surface area contributed by atoms with E-state index in [2.05, 4.69) is 31.0 Å². The quantitative estimate of drug-likeness (QED) is 0.844. The van der Waals surface area contributed by atoms with Crippen LogP contribution in [-0.4, -0.2) is 24.0 Å². The lowest BCUT2D eigenvalue weighted by Crippen LogP contribution is -2.16. The molecule has 0 spiro atoms. The number of nitrogens with one attached hydrogen (secondary N) is 2. The summed E-state index contributed by atoms with van der Waals surface area (Å²) in [7, 11) is 1.21. The van der Waals surface area contributed by atoms with Gasteiger partial charge in [-0.2, -0.15) is 0 Å². The van der Waals surface area contributed by atoms with Gasteiger partial charge in [0, 0.05) is 10.7 Å². The molecule has 0 saturated carbocycles. The first kappa shape index (κ1) is 14.3. The Morgan fingerprint density at radius 2 is 2.10 bits per heavy atom. The lowest BCUT2D eigenvalue weighted by molar-refractivity contribution is 0.0602. The van der Waals surface area contributed by atoms with E-state index in [1.54, 1.807) is 12.3 Å². The summed E-state index contributed by atoms with van der Waals surface area (Å²) >= 11 is 3.20. The number of ether oxygens (including phenoxy) is 1. The molecule has 0 saturated heterocycles. The average Bonchev–Trinajstić information content (AvgIpc) is 2.85. The predicted molar refractivity (Wildman–Crippen MR) is 74.2 cm³/mol. The van der Waals surface area contributed by atoms with E-state index in [9.17, 15) is 14.0 Å². The highest BCUT2D eigenvalue weighted by Crippen LogP contribution is 2.20. The molecular weight excluding hydrogens is 331 g/mol. The number of methoxy groups -OCH3 is 1. The van der Waals surface area contributed by atoms with Gasteiger partial charge in [0.05, 0.1) is 18.4 Å². The summed E-state index contributed by atoms with van der Waals surface area (Å²) in [5.74, 6) is -1.72. The lowest BCUT2D eigenvalue weighted by atomic mass is 10.1. The zero-order chi connectivity index (χ0) is 14.7. The maximum atomic E-state index is 13.3. The summed E-state index contributed by atoms with van der Waals surface area (Å²) in [4.78, 5) is 26.3. The van der Waals surface area contributed by atoms with Gasteiger partial charge >= 0.3 is 5.97 Å². The second kappa shape index (κ2) is 5.87. The van der Waals surface area contributed by atoms with Crippen molar-refractivity contribution in [3.63, 3.8) is 0 Å². The summed E-state index contributed by atoms with van der Waals surface area (Å²) in [5.41, 5.74) is 0.400. The van der Waals surface area contributed by atoms with Gasteiger partial charge < -0.3 is 15.0 Å². The van der Waals surface area contributed by atoms with Gasteiger partial charge in [0.1, 0.15) is 11.5 Å². The Morgan fingerprint density at radius 3 is 2.70 bits per heavy atom.